The second-order valence-corrected chi connectivity index (χ2v) is 5.94. The summed E-state index contributed by atoms with van der Waals surface area (Å²) in [6, 6.07) is 0. The molecule has 0 aliphatic heterocycles. The lowest BCUT2D eigenvalue weighted by atomic mass is 10.1. The molecule has 3 nitrogen and oxygen atoms in total. The Morgan fingerprint density at radius 3 is 2.60 bits per heavy atom. The quantitative estimate of drug-likeness (QED) is 0.746. The van der Waals surface area contributed by atoms with Crippen molar-refractivity contribution in [1.29, 1.82) is 0 Å². The first-order chi connectivity index (χ1) is 9.33. The molecular weight excluding hydrogens is 289 g/mol. The number of hydrogen-bond acceptors (Lipinski definition) is 4. The highest BCUT2D eigenvalue weighted by atomic mass is 32.1. The van der Waals surface area contributed by atoms with Crippen molar-refractivity contribution in [2.24, 2.45) is 0 Å². The molecule has 0 fully saturated rings. The highest BCUT2D eigenvalue weighted by Gasteiger charge is 2.27. The maximum absolute atomic E-state index is 11.9. The van der Waals surface area contributed by atoms with Gasteiger partial charge in [0.1, 0.15) is 6.61 Å². The maximum Gasteiger partial charge on any atom is 0.411 e. The van der Waals surface area contributed by atoms with Crippen LogP contribution in [-0.2, 0) is 17.7 Å². The Morgan fingerprint density at radius 2 is 2.05 bits per heavy atom. The van der Waals surface area contributed by atoms with E-state index in [1.165, 1.54) is 0 Å². The van der Waals surface area contributed by atoms with Gasteiger partial charge in [0.15, 0.2) is 0 Å². The Morgan fingerprint density at radius 1 is 1.35 bits per heavy atom. The van der Waals surface area contributed by atoms with Gasteiger partial charge in [0.05, 0.1) is 17.3 Å². The molecule has 0 bridgehead atoms. The van der Waals surface area contributed by atoms with Crippen LogP contribution in [0.5, 0.6) is 0 Å². The molecule has 0 atom stereocenters. The summed E-state index contributed by atoms with van der Waals surface area (Å²) in [5, 5.41) is 4.09. The van der Waals surface area contributed by atoms with Gasteiger partial charge in [-0.05, 0) is 12.5 Å². The molecule has 116 valence electrons. The average molecular weight is 310 g/mol. The maximum atomic E-state index is 11.9. The number of alkyl halides is 3. The first-order valence-electron chi connectivity index (χ1n) is 6.67. The number of aromatic nitrogens is 1. The van der Waals surface area contributed by atoms with Gasteiger partial charge < -0.3 is 10.1 Å². The molecule has 0 amide bonds. The topological polar surface area (TPSA) is 34.1 Å². The van der Waals surface area contributed by atoms with E-state index in [-0.39, 0.29) is 6.61 Å². The van der Waals surface area contributed by atoms with Crippen LogP contribution in [0.3, 0.4) is 0 Å². The van der Waals surface area contributed by atoms with Crippen LogP contribution in [0.15, 0.2) is 0 Å². The van der Waals surface area contributed by atoms with Gasteiger partial charge in [-0.1, -0.05) is 20.8 Å². The molecule has 0 saturated heterocycles. The van der Waals surface area contributed by atoms with E-state index in [9.17, 15) is 13.2 Å². The van der Waals surface area contributed by atoms with Gasteiger partial charge in [0.25, 0.3) is 0 Å². The molecule has 1 N–H and O–H groups in total. The lowest BCUT2D eigenvalue weighted by molar-refractivity contribution is -0.173. The monoisotopic (exact) mass is 310 g/mol. The molecule has 0 aliphatic rings. The van der Waals surface area contributed by atoms with Gasteiger partial charge in [-0.15, -0.1) is 11.3 Å². The van der Waals surface area contributed by atoms with E-state index in [4.69, 9.17) is 0 Å². The fourth-order valence-electron chi connectivity index (χ4n) is 1.68. The minimum Gasteiger partial charge on any atom is -0.372 e. The lowest BCUT2D eigenvalue weighted by Crippen LogP contribution is -2.17. The standard InChI is InChI=1S/C13H21F3N2OS/c1-4-17-7-10-12(9(2)3)18-11(20-10)5-6-19-8-13(14,15)16/h9,17H,4-8H2,1-3H3. The van der Waals surface area contributed by atoms with Crippen molar-refractivity contribution in [2.75, 3.05) is 19.8 Å². The highest BCUT2D eigenvalue weighted by molar-refractivity contribution is 7.11. The molecule has 7 heteroatoms. The van der Waals surface area contributed by atoms with E-state index >= 15 is 0 Å². The summed E-state index contributed by atoms with van der Waals surface area (Å²) in [7, 11) is 0. The number of nitrogens with one attached hydrogen (secondary N) is 1. The number of hydrogen-bond donors (Lipinski definition) is 1. The van der Waals surface area contributed by atoms with E-state index in [1.54, 1.807) is 11.3 Å². The predicted molar refractivity (Wildman–Crippen MR) is 74.2 cm³/mol. The zero-order valence-electron chi connectivity index (χ0n) is 12.0. The smallest absolute Gasteiger partial charge is 0.372 e. The zero-order chi connectivity index (χ0) is 15.2. The molecule has 0 aliphatic carbocycles. The number of ether oxygens (including phenoxy) is 1. The molecule has 0 spiro atoms. The van der Waals surface area contributed by atoms with Gasteiger partial charge in [0.2, 0.25) is 0 Å². The summed E-state index contributed by atoms with van der Waals surface area (Å²) in [5.74, 6) is 0.310. The van der Waals surface area contributed by atoms with Crippen LogP contribution in [0.2, 0.25) is 0 Å². The second-order valence-electron chi connectivity index (χ2n) is 4.77. The Balaban J connectivity index is 2.53. The van der Waals surface area contributed by atoms with E-state index < -0.39 is 12.8 Å². The molecule has 0 unspecified atom stereocenters. The SMILES string of the molecule is CCNCc1sc(CCOCC(F)(F)F)nc1C(C)C. The minimum absolute atomic E-state index is 0.0468. The van der Waals surface area contributed by atoms with Crippen molar-refractivity contribution in [1.82, 2.24) is 10.3 Å². The first-order valence-corrected chi connectivity index (χ1v) is 7.48. The van der Waals surface area contributed by atoms with Crippen molar-refractivity contribution in [3.05, 3.63) is 15.6 Å². The summed E-state index contributed by atoms with van der Waals surface area (Å²) in [4.78, 5) is 5.67. The largest absolute Gasteiger partial charge is 0.411 e. The molecule has 0 aromatic carbocycles. The third kappa shape index (κ3) is 6.19. The Kier molecular flexibility index (Phi) is 6.91. The predicted octanol–water partition coefficient (Wildman–Crippen LogP) is 3.50. The van der Waals surface area contributed by atoms with Crippen LogP contribution >= 0.6 is 11.3 Å². The molecule has 1 rings (SSSR count). The van der Waals surface area contributed by atoms with Gasteiger partial charge in [0, 0.05) is 17.8 Å². The fourth-order valence-corrected chi connectivity index (χ4v) is 2.86. The van der Waals surface area contributed by atoms with Crippen LogP contribution in [0, 0.1) is 0 Å². The second kappa shape index (κ2) is 7.95. The van der Waals surface area contributed by atoms with E-state index in [0.717, 1.165) is 28.7 Å². The molecule has 1 aromatic rings. The summed E-state index contributed by atoms with van der Waals surface area (Å²) >= 11 is 1.55. The van der Waals surface area contributed by atoms with Crippen molar-refractivity contribution >= 4 is 11.3 Å². The molecule has 0 saturated carbocycles. The summed E-state index contributed by atoms with van der Waals surface area (Å²) < 4.78 is 40.5. The molecular formula is C13H21F3N2OS. The summed E-state index contributed by atoms with van der Waals surface area (Å²) in [6.45, 7) is 6.64. The van der Waals surface area contributed by atoms with Crippen LogP contribution in [-0.4, -0.2) is 30.9 Å². The van der Waals surface area contributed by atoms with Crippen molar-refractivity contribution in [3.8, 4) is 0 Å². The summed E-state index contributed by atoms with van der Waals surface area (Å²) in [6.07, 6.45) is -3.84. The zero-order valence-corrected chi connectivity index (χ0v) is 12.8. The average Bonchev–Trinajstić information content (AvgIpc) is 2.74. The number of nitrogens with zero attached hydrogens (tertiary/aromatic N) is 1. The Labute approximate surface area is 121 Å². The first kappa shape index (κ1) is 17.4. The van der Waals surface area contributed by atoms with Crippen LogP contribution in [0.4, 0.5) is 13.2 Å². The van der Waals surface area contributed by atoms with E-state index in [2.05, 4.69) is 28.9 Å². The molecule has 0 radical (unpaired) electrons. The van der Waals surface area contributed by atoms with Crippen molar-refractivity contribution in [2.45, 2.75) is 45.8 Å². The van der Waals surface area contributed by atoms with Crippen LogP contribution in [0.25, 0.3) is 0 Å². The van der Waals surface area contributed by atoms with Gasteiger partial charge >= 0.3 is 6.18 Å². The van der Waals surface area contributed by atoms with Crippen LogP contribution < -0.4 is 5.32 Å². The van der Waals surface area contributed by atoms with Crippen LogP contribution in [0.1, 0.15) is 42.3 Å². The minimum atomic E-state index is -4.26. The van der Waals surface area contributed by atoms with Crippen molar-refractivity contribution in [3.63, 3.8) is 0 Å². The Hall–Kier alpha value is -0.660. The number of thiazole rings is 1. The molecule has 1 aromatic heterocycles. The van der Waals surface area contributed by atoms with Gasteiger partial charge in [-0.3, -0.25) is 0 Å². The third-order valence-corrected chi connectivity index (χ3v) is 3.71. The van der Waals surface area contributed by atoms with Gasteiger partial charge in [-0.25, -0.2) is 4.98 Å². The lowest BCUT2D eigenvalue weighted by Gasteiger charge is -2.06. The van der Waals surface area contributed by atoms with E-state index in [1.807, 2.05) is 6.92 Å². The summed E-state index contributed by atoms with van der Waals surface area (Å²) in [5.41, 5.74) is 1.03. The van der Waals surface area contributed by atoms with Gasteiger partial charge in [-0.2, -0.15) is 13.2 Å². The molecule has 20 heavy (non-hydrogen) atoms. The third-order valence-electron chi connectivity index (χ3n) is 2.58. The van der Waals surface area contributed by atoms with E-state index in [0.29, 0.717) is 12.3 Å². The number of rotatable bonds is 8. The molecule has 1 heterocycles. The number of halogens is 3. The van der Waals surface area contributed by atoms with Crippen molar-refractivity contribution < 1.29 is 17.9 Å². The highest BCUT2D eigenvalue weighted by Crippen LogP contribution is 2.25. The fraction of sp³-hybridized carbons (Fsp3) is 0.769. The normalized spacial score (nSPS) is 12.3. The Bertz CT molecular complexity index is 405.